The van der Waals surface area contributed by atoms with Gasteiger partial charge in [-0.1, -0.05) is 100 Å². The summed E-state index contributed by atoms with van der Waals surface area (Å²) in [7, 11) is 0. The van der Waals surface area contributed by atoms with Crippen LogP contribution >= 0.6 is 0 Å². The first-order valence-corrected chi connectivity index (χ1v) is 34.7. The summed E-state index contributed by atoms with van der Waals surface area (Å²) >= 11 is 0. The molecule has 10 rings (SSSR count). The molecular weight excluding hydrogens is 1400 g/mol. The summed E-state index contributed by atoms with van der Waals surface area (Å²) in [5.74, 6) is -12.1. The molecule has 17 atom stereocenters. The Bertz CT molecular complexity index is 4210. The van der Waals surface area contributed by atoms with Crippen molar-refractivity contribution in [3.63, 3.8) is 0 Å². The number of nitrogens with one attached hydrogen (secondary N) is 5. The number of hydrogen-bond donors (Lipinski definition) is 15. The summed E-state index contributed by atoms with van der Waals surface area (Å²) in [5.41, 5.74) is 1.12. The highest BCUT2D eigenvalue weighted by atomic mass is 19.1. The van der Waals surface area contributed by atoms with E-state index >= 15 is 0 Å². The van der Waals surface area contributed by atoms with E-state index < -0.39 is 181 Å². The normalized spacial score (nSPS) is 24.6. The van der Waals surface area contributed by atoms with Gasteiger partial charge < -0.3 is 92.2 Å². The van der Waals surface area contributed by atoms with Gasteiger partial charge in [-0.2, -0.15) is 5.10 Å². The number of amides is 7. The van der Waals surface area contributed by atoms with E-state index in [2.05, 4.69) is 53.6 Å². The lowest BCUT2D eigenvalue weighted by Crippen LogP contribution is -2.64. The number of fused-ring (bicyclic) bond motifs is 2. The minimum atomic E-state index is -2.29. The molecule has 3 aliphatic heterocycles. The Morgan fingerprint density at radius 3 is 1.84 bits per heavy atom. The van der Waals surface area contributed by atoms with E-state index in [9.17, 15) is 97.8 Å². The molecule has 0 radical (unpaired) electrons. The highest BCUT2D eigenvalue weighted by Gasteiger charge is 2.51. The van der Waals surface area contributed by atoms with E-state index in [1.807, 2.05) is 48.5 Å². The molecule has 30 nitrogen and oxygen atoms in total. The number of benzene rings is 5. The second-order valence-corrected chi connectivity index (χ2v) is 26.9. The van der Waals surface area contributed by atoms with Crippen molar-refractivity contribution < 1.29 is 103 Å². The number of hydrogen-bond acceptors (Lipinski definition) is 22. The fraction of sp³-hybridized carbons (Fsp3) is 0.419. The number of aliphatic hydroxyl groups excluding tert-OH is 8. The zero-order chi connectivity index (χ0) is 77.7. The summed E-state index contributed by atoms with van der Waals surface area (Å²) in [6.07, 6.45) is -8.95. The van der Waals surface area contributed by atoms with Gasteiger partial charge in [-0.05, 0) is 90.6 Å². The first-order valence-electron chi connectivity index (χ1n) is 34.7. The number of nitrogens with zero attached hydrogens (tertiary/aromatic N) is 7. The van der Waals surface area contributed by atoms with Crippen molar-refractivity contribution in [2.24, 2.45) is 5.92 Å². The predicted octanol–water partition coefficient (Wildman–Crippen LogP) is 1.25. The Morgan fingerprint density at radius 2 is 1.26 bits per heavy atom. The molecule has 5 aromatic carbocycles. The van der Waals surface area contributed by atoms with Crippen LogP contribution in [-0.4, -0.2) is 226 Å². The molecule has 15 N–H and O–H groups in total. The lowest BCUT2D eigenvalue weighted by molar-refractivity contribution is -0.148. The number of phenols is 1. The summed E-state index contributed by atoms with van der Waals surface area (Å²) in [4.78, 5) is 113. The number of rotatable bonds is 19. The first kappa shape index (κ1) is 80.7. The molecule has 572 valence electrons. The Kier molecular flexibility index (Phi) is 27.0. The van der Waals surface area contributed by atoms with Gasteiger partial charge in [0.25, 0.3) is 5.91 Å². The zero-order valence-corrected chi connectivity index (χ0v) is 58.9. The standard InChI is InChI=1S/C58H73N7O17.C16H14F3N5O/c1-5-6-7-24-82-40-22-18-35(19-23-40)33-10-8-32(9-11-33)34-12-14-37(15-13-34)51(74)59-41-26-43(70)54(77)63-56(79)47-48(71)29(2)27-65(47)58(81)45(31(4)67)61-55(78)46(50(73)49(72)36-16-20-38(68)21-17-36)62-53(76)42-25-39(69)28-64(42)57(80)44(30(3)66)60-52(41)75;1-10(15-14(19)5-20-7-22-15)16(25,6-24-9-21-8-23-24)12-3-2-11(17)4-13(12)18/h8-23,29-31,39,41-50,54,66-73,77H,5-7,24-28H2,1-4H3,(H,59,74)(H,60,75)(H,61,78)(H,62,76)(H,63,79);2-5,7-10,25H,6H2,1H3/t29-,30-,31-,39+,41-,42-,43+,44-,45-,46-,47-,48-,49-,50-,54+;10-,16+/m00/s1. The van der Waals surface area contributed by atoms with E-state index in [4.69, 9.17) is 4.74 Å². The van der Waals surface area contributed by atoms with E-state index in [0.717, 1.165) is 102 Å². The molecule has 0 unspecified atom stereocenters. The van der Waals surface area contributed by atoms with Crippen molar-refractivity contribution in [1.29, 1.82) is 0 Å². The molecule has 3 saturated heterocycles. The van der Waals surface area contributed by atoms with Gasteiger partial charge in [0.2, 0.25) is 35.4 Å². The number of phenolic OH excluding ortho intramolecular Hbond substituents is 1. The summed E-state index contributed by atoms with van der Waals surface area (Å²) in [5, 5.41) is 126. The highest BCUT2D eigenvalue weighted by molar-refractivity contribution is 6.00. The fourth-order valence-electron chi connectivity index (χ4n) is 12.9. The van der Waals surface area contributed by atoms with Crippen molar-refractivity contribution in [3.8, 4) is 33.8 Å². The quantitative estimate of drug-likeness (QED) is 0.0507. The summed E-state index contributed by atoms with van der Waals surface area (Å²) < 4.78 is 48.9. The van der Waals surface area contributed by atoms with Gasteiger partial charge in [0.05, 0.1) is 49.5 Å². The van der Waals surface area contributed by atoms with Gasteiger partial charge in [-0.25, -0.2) is 32.8 Å². The predicted molar refractivity (Wildman–Crippen MR) is 374 cm³/mol. The molecular formula is C74H87F3N12O18. The van der Waals surface area contributed by atoms with Crippen LogP contribution in [-0.2, 0) is 40.9 Å². The van der Waals surface area contributed by atoms with Crippen LogP contribution in [0.2, 0.25) is 0 Å². The van der Waals surface area contributed by atoms with Gasteiger partial charge >= 0.3 is 0 Å². The second-order valence-electron chi connectivity index (χ2n) is 26.9. The molecule has 5 heterocycles. The van der Waals surface area contributed by atoms with Crippen LogP contribution in [0.1, 0.15) is 106 Å². The lowest BCUT2D eigenvalue weighted by Gasteiger charge is -2.34. The molecule has 7 amide bonds. The molecule has 3 fully saturated rings. The van der Waals surface area contributed by atoms with E-state index in [-0.39, 0.29) is 41.2 Å². The largest absolute Gasteiger partial charge is 0.508 e. The van der Waals surface area contributed by atoms with E-state index in [1.165, 1.54) is 55.4 Å². The fourth-order valence-corrected chi connectivity index (χ4v) is 12.9. The van der Waals surface area contributed by atoms with Crippen molar-refractivity contribution in [2.45, 2.75) is 170 Å². The number of aromatic nitrogens is 5. The number of halogens is 3. The Balaban J connectivity index is 0.000000443. The SMILES string of the molecule is CCCCCOc1ccc(-c2ccc(-c3ccc(C(=O)N[C@H]4C[C@@H](O)[C@@H](O)NC(=O)[C@@H]5[C@@H](O)[C@@H](C)CN5C(=O)[C@H]([C@H](C)O)NC(=O)[C@H]([C@H](O)[C@@H](O)c5ccc(O)cc5)NC(=O)[C@@H]5C[C@@H](O)CN5C(=O)[C@H]([C@H](C)O)NC4=O)cc3)cc2)cc1.C[C@@H](c1ncncc1F)[C@](O)(Cn1cncn1)c1ccc(F)cc1F. The topological polar surface area (TPSA) is 454 Å². The van der Waals surface area contributed by atoms with Gasteiger partial charge in [0.1, 0.15) is 102 Å². The maximum Gasteiger partial charge on any atom is 0.251 e. The minimum Gasteiger partial charge on any atom is -0.508 e. The summed E-state index contributed by atoms with van der Waals surface area (Å²) in [6.45, 7) is 6.72. The van der Waals surface area contributed by atoms with Crippen LogP contribution in [0.25, 0.3) is 22.3 Å². The lowest BCUT2D eigenvalue weighted by atomic mass is 9.79. The average molecular weight is 1490 g/mol. The van der Waals surface area contributed by atoms with Crippen LogP contribution in [0.5, 0.6) is 11.5 Å². The smallest absolute Gasteiger partial charge is 0.251 e. The minimum absolute atomic E-state index is 0.00973. The van der Waals surface area contributed by atoms with Crippen LogP contribution in [0, 0.1) is 23.4 Å². The summed E-state index contributed by atoms with van der Waals surface area (Å²) in [6, 6.07) is 17.5. The second kappa shape index (κ2) is 35.8. The number of carbonyl (C=O) groups is 7. The van der Waals surface area contributed by atoms with Gasteiger partial charge in [-0.15, -0.1) is 0 Å². The number of aromatic hydroxyl groups is 1. The Morgan fingerprint density at radius 1 is 0.673 bits per heavy atom. The van der Waals surface area contributed by atoms with E-state index in [0.29, 0.717) is 18.2 Å². The van der Waals surface area contributed by atoms with Crippen LogP contribution < -0.4 is 31.3 Å². The molecule has 0 aliphatic carbocycles. The molecule has 2 aromatic heterocycles. The zero-order valence-electron chi connectivity index (χ0n) is 58.9. The highest BCUT2D eigenvalue weighted by Crippen LogP contribution is 2.40. The third-order valence-corrected chi connectivity index (χ3v) is 19.1. The Labute approximate surface area is 612 Å². The van der Waals surface area contributed by atoms with Crippen LogP contribution in [0.15, 0.2) is 140 Å². The molecule has 0 saturated carbocycles. The molecule has 107 heavy (non-hydrogen) atoms. The Hall–Kier alpha value is -10.4. The third-order valence-electron chi connectivity index (χ3n) is 19.1. The molecule has 7 aromatic rings. The van der Waals surface area contributed by atoms with Gasteiger partial charge in [0.15, 0.2) is 12.0 Å². The molecule has 3 aliphatic rings. The van der Waals surface area contributed by atoms with Crippen LogP contribution in [0.4, 0.5) is 13.2 Å². The average Bonchev–Trinajstić information content (AvgIpc) is 0.859. The van der Waals surface area contributed by atoms with Gasteiger partial charge in [0, 0.05) is 55.0 Å². The van der Waals surface area contributed by atoms with Crippen molar-refractivity contribution >= 4 is 41.4 Å². The third kappa shape index (κ3) is 19.5. The maximum absolute atomic E-state index is 14.5. The van der Waals surface area contributed by atoms with Gasteiger partial charge in [-0.3, -0.25) is 33.6 Å². The van der Waals surface area contributed by atoms with E-state index in [1.54, 1.807) is 12.1 Å². The number of ether oxygens (including phenoxy) is 1. The van der Waals surface area contributed by atoms with Crippen molar-refractivity contribution in [1.82, 2.24) is 61.1 Å². The molecule has 33 heteroatoms. The van der Waals surface area contributed by atoms with Crippen molar-refractivity contribution in [3.05, 3.63) is 180 Å². The van der Waals surface area contributed by atoms with Crippen molar-refractivity contribution in [2.75, 3.05) is 19.7 Å². The monoisotopic (exact) mass is 1490 g/mol. The number of carbonyl (C=O) groups excluding carboxylic acids is 7. The van der Waals surface area contributed by atoms with Crippen LogP contribution in [0.3, 0.4) is 0 Å². The maximum atomic E-state index is 14.5. The number of aliphatic hydroxyl groups is 9. The molecule has 0 spiro atoms. The first-order chi connectivity index (χ1) is 50.9. The molecule has 0 bridgehead atoms. The number of unbranched alkanes of at least 4 members (excludes halogenated alkanes) is 2.